The lowest BCUT2D eigenvalue weighted by atomic mass is 10.2. The first-order valence-electron chi connectivity index (χ1n) is 7.19. The molecule has 21 heavy (non-hydrogen) atoms. The Kier molecular flexibility index (Phi) is 5.06. The Bertz CT molecular complexity index is 586. The van der Waals surface area contributed by atoms with E-state index in [1.165, 1.54) is 11.1 Å². The van der Waals surface area contributed by atoms with Gasteiger partial charge in [-0.3, -0.25) is 4.68 Å². The molecule has 0 aliphatic heterocycles. The van der Waals surface area contributed by atoms with Crippen molar-refractivity contribution >= 4 is 11.8 Å². The summed E-state index contributed by atoms with van der Waals surface area (Å²) in [7, 11) is 1.94. The molecule has 2 rings (SSSR count). The van der Waals surface area contributed by atoms with Crippen LogP contribution in [0.3, 0.4) is 0 Å². The second-order valence-electron chi connectivity index (χ2n) is 6.27. The Morgan fingerprint density at radius 1 is 1.38 bits per heavy atom. The first-order valence-corrected chi connectivity index (χ1v) is 8.01. The summed E-state index contributed by atoms with van der Waals surface area (Å²) in [5.74, 6) is 0. The highest BCUT2D eigenvalue weighted by Gasteiger charge is 2.13. The number of thioether (sulfide) groups is 1. The summed E-state index contributed by atoms with van der Waals surface area (Å²) < 4.78 is 2.01. The largest absolute Gasteiger partial charge is 0.306 e. The number of pyridine rings is 1. The van der Waals surface area contributed by atoms with Crippen LogP contribution in [0.15, 0.2) is 35.7 Å². The molecule has 1 atom stereocenters. The van der Waals surface area contributed by atoms with Crippen molar-refractivity contribution < 1.29 is 0 Å². The standard InChI is InChI=1S/C16H24N4S/c1-12(14-10-19-20(5)11-14)18-9-13-6-7-17-15(8-13)21-16(2,3)4/h6-8,10-12,18H,9H2,1-5H3/t12-/m0/s1. The number of aryl methyl sites for hydroxylation is 1. The van der Waals surface area contributed by atoms with Crippen molar-refractivity contribution in [3.05, 3.63) is 41.9 Å². The molecule has 2 aromatic heterocycles. The summed E-state index contributed by atoms with van der Waals surface area (Å²) in [6, 6.07) is 4.51. The van der Waals surface area contributed by atoms with Crippen molar-refractivity contribution in [1.29, 1.82) is 0 Å². The van der Waals surface area contributed by atoms with E-state index in [1.54, 1.807) is 11.8 Å². The molecule has 1 N–H and O–H groups in total. The second-order valence-corrected chi connectivity index (χ2v) is 8.11. The molecule has 2 heterocycles. The minimum absolute atomic E-state index is 0.183. The predicted octanol–water partition coefficient (Wildman–Crippen LogP) is 3.56. The molecule has 0 spiro atoms. The van der Waals surface area contributed by atoms with Crippen molar-refractivity contribution in [3.8, 4) is 0 Å². The molecule has 5 heteroatoms. The van der Waals surface area contributed by atoms with Gasteiger partial charge in [-0.15, -0.1) is 11.8 Å². The first-order chi connectivity index (χ1) is 9.83. The van der Waals surface area contributed by atoms with E-state index in [9.17, 15) is 0 Å². The van der Waals surface area contributed by atoms with Crippen molar-refractivity contribution in [1.82, 2.24) is 20.1 Å². The fraction of sp³-hybridized carbons (Fsp3) is 0.500. The van der Waals surface area contributed by atoms with Crippen LogP contribution >= 0.6 is 11.8 Å². The smallest absolute Gasteiger partial charge is 0.0968 e. The van der Waals surface area contributed by atoms with Gasteiger partial charge in [-0.2, -0.15) is 5.10 Å². The van der Waals surface area contributed by atoms with E-state index >= 15 is 0 Å². The third kappa shape index (κ3) is 5.17. The van der Waals surface area contributed by atoms with E-state index in [4.69, 9.17) is 0 Å². The summed E-state index contributed by atoms with van der Waals surface area (Å²) >= 11 is 1.80. The lowest BCUT2D eigenvalue weighted by Crippen LogP contribution is -2.18. The summed E-state index contributed by atoms with van der Waals surface area (Å²) in [5.41, 5.74) is 2.46. The monoisotopic (exact) mass is 304 g/mol. The van der Waals surface area contributed by atoms with Crippen LogP contribution in [-0.2, 0) is 13.6 Å². The second kappa shape index (κ2) is 6.62. The number of nitrogens with zero attached hydrogens (tertiary/aromatic N) is 3. The van der Waals surface area contributed by atoms with Gasteiger partial charge in [0.25, 0.3) is 0 Å². The van der Waals surface area contributed by atoms with Gasteiger partial charge in [0.2, 0.25) is 0 Å². The Hall–Kier alpha value is -1.33. The molecule has 0 saturated heterocycles. The van der Waals surface area contributed by atoms with Gasteiger partial charge in [0, 0.05) is 42.3 Å². The summed E-state index contributed by atoms with van der Waals surface area (Å²) in [6.45, 7) is 9.59. The normalized spacial score (nSPS) is 13.4. The average molecular weight is 304 g/mol. The van der Waals surface area contributed by atoms with Gasteiger partial charge in [-0.25, -0.2) is 4.98 Å². The molecule has 114 valence electrons. The zero-order chi connectivity index (χ0) is 15.5. The van der Waals surface area contributed by atoms with E-state index in [0.29, 0.717) is 0 Å². The van der Waals surface area contributed by atoms with Crippen LogP contribution in [0.1, 0.15) is 44.9 Å². The predicted molar refractivity (Wildman–Crippen MR) is 88.3 cm³/mol. The van der Waals surface area contributed by atoms with Crippen molar-refractivity contribution in [2.24, 2.45) is 7.05 Å². The molecule has 0 radical (unpaired) electrons. The summed E-state index contributed by atoms with van der Waals surface area (Å²) in [5, 5.41) is 8.82. The molecular weight excluding hydrogens is 280 g/mol. The van der Waals surface area contributed by atoms with Gasteiger partial charge in [-0.1, -0.05) is 20.8 Å². The van der Waals surface area contributed by atoms with Crippen LogP contribution in [0.5, 0.6) is 0 Å². The van der Waals surface area contributed by atoms with Crippen LogP contribution in [0.2, 0.25) is 0 Å². The molecule has 0 aliphatic carbocycles. The van der Waals surface area contributed by atoms with E-state index in [0.717, 1.165) is 11.6 Å². The van der Waals surface area contributed by atoms with Crippen molar-refractivity contribution in [2.75, 3.05) is 0 Å². The van der Waals surface area contributed by atoms with Crippen LogP contribution in [0, 0.1) is 0 Å². The summed E-state index contributed by atoms with van der Waals surface area (Å²) in [4.78, 5) is 4.44. The molecule has 0 saturated carbocycles. The van der Waals surface area contributed by atoms with E-state index < -0.39 is 0 Å². The highest BCUT2D eigenvalue weighted by Crippen LogP contribution is 2.30. The van der Waals surface area contributed by atoms with Crippen LogP contribution in [-0.4, -0.2) is 19.5 Å². The maximum absolute atomic E-state index is 4.44. The number of hydrogen-bond donors (Lipinski definition) is 1. The van der Waals surface area contributed by atoms with E-state index in [-0.39, 0.29) is 10.8 Å². The lowest BCUT2D eigenvalue weighted by Gasteiger charge is -2.17. The Morgan fingerprint density at radius 2 is 2.14 bits per heavy atom. The van der Waals surface area contributed by atoms with Gasteiger partial charge < -0.3 is 5.32 Å². The highest BCUT2D eigenvalue weighted by molar-refractivity contribution is 8.00. The molecule has 0 aromatic carbocycles. The molecule has 2 aromatic rings. The Labute approximate surface area is 131 Å². The number of aromatic nitrogens is 3. The molecular formula is C16H24N4S. The molecule has 0 fully saturated rings. The number of nitrogens with one attached hydrogen (secondary N) is 1. The number of hydrogen-bond acceptors (Lipinski definition) is 4. The van der Waals surface area contributed by atoms with Crippen LogP contribution < -0.4 is 5.32 Å². The molecule has 0 amide bonds. The zero-order valence-corrected chi connectivity index (χ0v) is 14.2. The van der Waals surface area contributed by atoms with E-state index in [2.05, 4.69) is 55.2 Å². The Balaban J connectivity index is 1.95. The van der Waals surface area contributed by atoms with Gasteiger partial charge >= 0.3 is 0 Å². The third-order valence-corrected chi connectivity index (χ3v) is 4.09. The van der Waals surface area contributed by atoms with Gasteiger partial charge in [0.05, 0.1) is 11.2 Å². The molecule has 0 aliphatic rings. The maximum atomic E-state index is 4.44. The van der Waals surface area contributed by atoms with Crippen LogP contribution in [0.4, 0.5) is 0 Å². The zero-order valence-electron chi connectivity index (χ0n) is 13.4. The number of rotatable bonds is 5. The first kappa shape index (κ1) is 16.0. The Morgan fingerprint density at radius 3 is 2.76 bits per heavy atom. The average Bonchev–Trinajstić information content (AvgIpc) is 2.81. The van der Waals surface area contributed by atoms with Crippen molar-refractivity contribution in [2.45, 2.75) is 50.1 Å². The molecule has 0 unspecified atom stereocenters. The quantitative estimate of drug-likeness (QED) is 0.858. The topological polar surface area (TPSA) is 42.7 Å². The molecule has 4 nitrogen and oxygen atoms in total. The maximum Gasteiger partial charge on any atom is 0.0968 e. The van der Waals surface area contributed by atoms with Crippen LogP contribution in [0.25, 0.3) is 0 Å². The fourth-order valence-electron chi connectivity index (χ4n) is 1.98. The fourth-order valence-corrected chi connectivity index (χ4v) is 2.93. The molecule has 0 bridgehead atoms. The lowest BCUT2D eigenvalue weighted by molar-refractivity contribution is 0.573. The van der Waals surface area contributed by atoms with Gasteiger partial charge in [-0.05, 0) is 24.6 Å². The van der Waals surface area contributed by atoms with Gasteiger partial charge in [0.15, 0.2) is 0 Å². The van der Waals surface area contributed by atoms with Crippen molar-refractivity contribution in [3.63, 3.8) is 0 Å². The summed E-state index contributed by atoms with van der Waals surface area (Å²) in [6.07, 6.45) is 5.84. The third-order valence-electron chi connectivity index (χ3n) is 3.05. The highest BCUT2D eigenvalue weighted by atomic mass is 32.2. The SMILES string of the molecule is C[C@H](NCc1ccnc(SC(C)(C)C)c1)c1cnn(C)c1. The minimum atomic E-state index is 0.183. The minimum Gasteiger partial charge on any atom is -0.306 e. The van der Waals surface area contributed by atoms with Gasteiger partial charge in [0.1, 0.15) is 0 Å². The van der Waals surface area contributed by atoms with E-state index in [1.807, 2.05) is 30.3 Å².